The summed E-state index contributed by atoms with van der Waals surface area (Å²) in [5.41, 5.74) is 1.35. The molecule has 1 rings (SSSR count). The van der Waals surface area contributed by atoms with Gasteiger partial charge in [0.15, 0.2) is 6.10 Å². The molecule has 112 valence electrons. The van der Waals surface area contributed by atoms with Crippen molar-refractivity contribution in [1.82, 2.24) is 0 Å². The second-order valence-electron chi connectivity index (χ2n) is 6.06. The Balaban J connectivity index is 2.53. The summed E-state index contributed by atoms with van der Waals surface area (Å²) in [5.74, 6) is 0.385. The van der Waals surface area contributed by atoms with Gasteiger partial charge in [0, 0.05) is 0 Å². The first-order chi connectivity index (χ1) is 9.34. The Hall–Kier alpha value is -1.51. The Morgan fingerprint density at radius 2 is 1.80 bits per heavy atom. The molecular formula is C17H26O3. The van der Waals surface area contributed by atoms with E-state index in [9.17, 15) is 4.79 Å². The normalized spacial score (nSPS) is 12.8. The van der Waals surface area contributed by atoms with Crippen LogP contribution in [0.2, 0.25) is 0 Å². The van der Waals surface area contributed by atoms with Gasteiger partial charge in [-0.05, 0) is 36.5 Å². The number of rotatable bonds is 6. The summed E-state index contributed by atoms with van der Waals surface area (Å²) in [5, 5.41) is 0. The van der Waals surface area contributed by atoms with Crippen LogP contribution in [0.5, 0.6) is 5.75 Å². The van der Waals surface area contributed by atoms with Crippen LogP contribution in [0.4, 0.5) is 0 Å². The van der Waals surface area contributed by atoms with E-state index in [2.05, 4.69) is 27.7 Å². The predicted molar refractivity (Wildman–Crippen MR) is 81.1 cm³/mol. The van der Waals surface area contributed by atoms with E-state index in [0.717, 1.165) is 12.8 Å². The molecule has 0 aromatic heterocycles. The van der Waals surface area contributed by atoms with E-state index in [1.54, 1.807) is 6.92 Å². The molecule has 0 fully saturated rings. The molecule has 0 bridgehead atoms. The molecule has 3 heteroatoms. The van der Waals surface area contributed by atoms with Gasteiger partial charge in [0.1, 0.15) is 5.75 Å². The molecule has 0 saturated heterocycles. The number of ether oxygens (including phenoxy) is 2. The molecule has 0 heterocycles. The van der Waals surface area contributed by atoms with E-state index in [1.807, 2.05) is 24.3 Å². The maximum atomic E-state index is 11.7. The average molecular weight is 278 g/mol. The summed E-state index contributed by atoms with van der Waals surface area (Å²) in [6.45, 7) is 10.7. The van der Waals surface area contributed by atoms with Crippen molar-refractivity contribution < 1.29 is 14.3 Å². The maximum Gasteiger partial charge on any atom is 0.347 e. The van der Waals surface area contributed by atoms with Crippen LogP contribution in [0.15, 0.2) is 24.3 Å². The zero-order valence-corrected chi connectivity index (χ0v) is 13.2. The number of benzene rings is 1. The molecule has 20 heavy (non-hydrogen) atoms. The zero-order chi connectivity index (χ0) is 15.2. The van der Waals surface area contributed by atoms with Crippen LogP contribution >= 0.6 is 0 Å². The smallest absolute Gasteiger partial charge is 0.347 e. The minimum Gasteiger partial charge on any atom is -0.479 e. The highest BCUT2D eigenvalue weighted by atomic mass is 16.6. The van der Waals surface area contributed by atoms with Crippen molar-refractivity contribution in [2.45, 2.75) is 59.0 Å². The lowest BCUT2D eigenvalue weighted by Crippen LogP contribution is -2.26. The molecule has 0 unspecified atom stereocenters. The Morgan fingerprint density at radius 3 is 2.30 bits per heavy atom. The summed E-state index contributed by atoms with van der Waals surface area (Å²) in [4.78, 5) is 11.7. The van der Waals surface area contributed by atoms with Crippen LogP contribution in [-0.4, -0.2) is 18.7 Å². The lowest BCUT2D eigenvalue weighted by Gasteiger charge is -2.20. The topological polar surface area (TPSA) is 35.5 Å². The van der Waals surface area contributed by atoms with Crippen LogP contribution < -0.4 is 4.74 Å². The number of carbonyl (C=O) groups is 1. The minimum absolute atomic E-state index is 0.114. The van der Waals surface area contributed by atoms with Crippen molar-refractivity contribution >= 4 is 5.97 Å². The van der Waals surface area contributed by atoms with Gasteiger partial charge in [-0.3, -0.25) is 0 Å². The molecular weight excluding hydrogens is 252 g/mol. The fourth-order valence-corrected chi connectivity index (χ4v) is 1.72. The van der Waals surface area contributed by atoms with E-state index >= 15 is 0 Å². The molecule has 3 nitrogen and oxygen atoms in total. The van der Waals surface area contributed by atoms with E-state index in [0.29, 0.717) is 12.4 Å². The summed E-state index contributed by atoms with van der Waals surface area (Å²) < 4.78 is 10.7. The highest BCUT2D eigenvalue weighted by Crippen LogP contribution is 2.24. The Morgan fingerprint density at radius 1 is 1.20 bits per heavy atom. The van der Waals surface area contributed by atoms with Crippen LogP contribution in [0.1, 0.15) is 53.0 Å². The molecule has 0 saturated carbocycles. The van der Waals surface area contributed by atoms with Crippen molar-refractivity contribution in [3.63, 3.8) is 0 Å². The Bertz CT molecular complexity index is 415. The third-order valence-electron chi connectivity index (χ3n) is 3.11. The molecule has 0 radical (unpaired) electrons. The van der Waals surface area contributed by atoms with Gasteiger partial charge in [0.2, 0.25) is 0 Å². The number of hydrogen-bond acceptors (Lipinski definition) is 3. The third-order valence-corrected chi connectivity index (χ3v) is 3.11. The van der Waals surface area contributed by atoms with Crippen molar-refractivity contribution in [2.75, 3.05) is 6.61 Å². The molecule has 0 N–H and O–H groups in total. The van der Waals surface area contributed by atoms with Crippen LogP contribution in [0.25, 0.3) is 0 Å². The lowest BCUT2D eigenvalue weighted by atomic mass is 9.87. The van der Waals surface area contributed by atoms with Gasteiger partial charge in [-0.2, -0.15) is 0 Å². The fourth-order valence-electron chi connectivity index (χ4n) is 1.72. The standard InChI is InChI=1S/C17H26O3/c1-6-7-12-19-16(18)13(2)20-15-10-8-14(9-11-15)17(3,4)5/h8-11,13H,6-7,12H2,1-5H3/t13-/m1/s1. The molecule has 0 amide bonds. The van der Waals surface area contributed by atoms with E-state index in [1.165, 1.54) is 5.56 Å². The molecule has 0 aliphatic rings. The van der Waals surface area contributed by atoms with Gasteiger partial charge >= 0.3 is 5.97 Å². The first-order valence-corrected chi connectivity index (χ1v) is 7.28. The van der Waals surface area contributed by atoms with Gasteiger partial charge in [-0.25, -0.2) is 4.79 Å². The SMILES string of the molecule is CCCCOC(=O)[C@@H](C)Oc1ccc(C(C)(C)C)cc1. The zero-order valence-electron chi connectivity index (χ0n) is 13.2. The van der Waals surface area contributed by atoms with Gasteiger partial charge in [0.25, 0.3) is 0 Å². The Labute approximate surface area is 122 Å². The fraction of sp³-hybridized carbons (Fsp3) is 0.588. The summed E-state index contributed by atoms with van der Waals surface area (Å²) in [6.07, 6.45) is 1.32. The summed E-state index contributed by atoms with van der Waals surface area (Å²) in [7, 11) is 0. The van der Waals surface area contributed by atoms with E-state index in [4.69, 9.17) is 9.47 Å². The van der Waals surface area contributed by atoms with Gasteiger partial charge < -0.3 is 9.47 Å². The van der Waals surface area contributed by atoms with E-state index < -0.39 is 6.10 Å². The minimum atomic E-state index is -0.577. The number of carbonyl (C=O) groups excluding carboxylic acids is 1. The monoisotopic (exact) mass is 278 g/mol. The number of hydrogen-bond donors (Lipinski definition) is 0. The average Bonchev–Trinajstić information content (AvgIpc) is 2.38. The first kappa shape index (κ1) is 16.5. The Kier molecular flexibility index (Phi) is 6.05. The van der Waals surface area contributed by atoms with Gasteiger partial charge in [-0.1, -0.05) is 46.2 Å². The summed E-state index contributed by atoms with van der Waals surface area (Å²) >= 11 is 0. The molecule has 1 atom stereocenters. The van der Waals surface area contributed by atoms with Crippen LogP contribution in [0.3, 0.4) is 0 Å². The summed E-state index contributed by atoms with van der Waals surface area (Å²) in [6, 6.07) is 7.86. The molecule has 0 aliphatic carbocycles. The largest absolute Gasteiger partial charge is 0.479 e. The molecule has 0 spiro atoms. The van der Waals surface area contributed by atoms with E-state index in [-0.39, 0.29) is 11.4 Å². The second-order valence-corrected chi connectivity index (χ2v) is 6.06. The highest BCUT2D eigenvalue weighted by molar-refractivity contribution is 5.74. The van der Waals surface area contributed by atoms with Crippen LogP contribution in [-0.2, 0) is 14.9 Å². The number of unbranched alkanes of at least 4 members (excludes halogenated alkanes) is 1. The van der Waals surface area contributed by atoms with Gasteiger partial charge in [-0.15, -0.1) is 0 Å². The van der Waals surface area contributed by atoms with Crippen LogP contribution in [0, 0.1) is 0 Å². The van der Waals surface area contributed by atoms with Crippen molar-refractivity contribution in [3.8, 4) is 5.75 Å². The predicted octanol–water partition coefficient (Wildman–Crippen LogP) is 4.09. The molecule has 1 aromatic carbocycles. The third kappa shape index (κ3) is 5.24. The van der Waals surface area contributed by atoms with Gasteiger partial charge in [0.05, 0.1) is 6.61 Å². The first-order valence-electron chi connectivity index (χ1n) is 7.28. The second kappa shape index (κ2) is 7.32. The highest BCUT2D eigenvalue weighted by Gasteiger charge is 2.17. The lowest BCUT2D eigenvalue weighted by molar-refractivity contribution is -0.151. The quantitative estimate of drug-likeness (QED) is 0.580. The number of esters is 1. The molecule has 0 aliphatic heterocycles. The van der Waals surface area contributed by atoms with Crippen molar-refractivity contribution in [1.29, 1.82) is 0 Å². The van der Waals surface area contributed by atoms with Crippen molar-refractivity contribution in [2.24, 2.45) is 0 Å². The molecule has 1 aromatic rings. The van der Waals surface area contributed by atoms with Crippen molar-refractivity contribution in [3.05, 3.63) is 29.8 Å². The maximum absolute atomic E-state index is 11.7.